The first-order valence-electron chi connectivity index (χ1n) is 4.29. The van der Waals surface area contributed by atoms with Crippen LogP contribution in [0.4, 0.5) is 22.0 Å². The molecule has 1 aromatic carbocycles. The second kappa shape index (κ2) is 3.79. The lowest BCUT2D eigenvalue weighted by molar-refractivity contribution is -0.140. The van der Waals surface area contributed by atoms with Gasteiger partial charge < -0.3 is 0 Å². The predicted molar refractivity (Wildman–Crippen MR) is 45.4 cm³/mol. The highest BCUT2D eigenvalue weighted by Crippen LogP contribution is 2.33. The number of rotatable bonds is 1. The Labute approximate surface area is 83.7 Å². The average Bonchev–Trinajstić information content (AvgIpc) is 2.06. The average molecular weight is 224 g/mol. The van der Waals surface area contributed by atoms with Crippen LogP contribution in [0.3, 0.4) is 0 Å². The molecule has 0 fully saturated rings. The third kappa shape index (κ3) is 2.46. The summed E-state index contributed by atoms with van der Waals surface area (Å²) in [7, 11) is 0. The molecule has 0 saturated heterocycles. The van der Waals surface area contributed by atoms with Crippen LogP contribution in [0.2, 0.25) is 0 Å². The molecule has 0 aliphatic rings. The molecular formula is C10H9F5. The molecule has 15 heavy (non-hydrogen) atoms. The van der Waals surface area contributed by atoms with E-state index in [0.717, 1.165) is 0 Å². The molecule has 0 atom stereocenters. The molecule has 0 spiro atoms. The summed E-state index contributed by atoms with van der Waals surface area (Å²) in [4.78, 5) is 0. The lowest BCUT2D eigenvalue weighted by Crippen LogP contribution is -2.10. The fourth-order valence-corrected chi connectivity index (χ4v) is 1.22. The van der Waals surface area contributed by atoms with Crippen molar-refractivity contribution in [2.45, 2.75) is 25.9 Å². The number of alkyl halides is 3. The summed E-state index contributed by atoms with van der Waals surface area (Å²) < 4.78 is 62.6. The SMILES string of the molecule is CC(C)c1cc(F)c(C(F)(F)F)cc1F. The van der Waals surface area contributed by atoms with E-state index in [1.54, 1.807) is 13.8 Å². The van der Waals surface area contributed by atoms with Crippen LogP contribution in [0.15, 0.2) is 12.1 Å². The van der Waals surface area contributed by atoms with Crippen molar-refractivity contribution in [3.63, 3.8) is 0 Å². The van der Waals surface area contributed by atoms with Gasteiger partial charge in [-0.1, -0.05) is 13.8 Å². The maximum absolute atomic E-state index is 13.1. The second-order valence-electron chi connectivity index (χ2n) is 3.51. The highest BCUT2D eigenvalue weighted by atomic mass is 19.4. The summed E-state index contributed by atoms with van der Waals surface area (Å²) in [6.45, 7) is 3.15. The molecule has 0 radical (unpaired) electrons. The zero-order valence-corrected chi connectivity index (χ0v) is 8.12. The van der Waals surface area contributed by atoms with Crippen LogP contribution in [0.1, 0.15) is 30.9 Å². The summed E-state index contributed by atoms with van der Waals surface area (Å²) in [6.07, 6.45) is -4.86. The van der Waals surface area contributed by atoms with Gasteiger partial charge in [0, 0.05) is 0 Å². The largest absolute Gasteiger partial charge is 0.419 e. The van der Waals surface area contributed by atoms with Crippen molar-refractivity contribution >= 4 is 0 Å². The van der Waals surface area contributed by atoms with E-state index in [1.165, 1.54) is 0 Å². The Balaban J connectivity index is 3.32. The lowest BCUT2D eigenvalue weighted by Gasteiger charge is -2.12. The van der Waals surface area contributed by atoms with Gasteiger partial charge in [0.2, 0.25) is 0 Å². The minimum atomic E-state index is -4.86. The smallest absolute Gasteiger partial charge is 0.207 e. The van der Waals surface area contributed by atoms with Gasteiger partial charge in [0.25, 0.3) is 0 Å². The molecule has 0 aromatic heterocycles. The molecular weight excluding hydrogens is 215 g/mol. The summed E-state index contributed by atoms with van der Waals surface area (Å²) in [5, 5.41) is 0. The van der Waals surface area contributed by atoms with Gasteiger partial charge in [-0.3, -0.25) is 0 Å². The van der Waals surface area contributed by atoms with E-state index >= 15 is 0 Å². The Kier molecular flexibility index (Phi) is 3.02. The molecule has 0 saturated carbocycles. The van der Waals surface area contributed by atoms with Crippen molar-refractivity contribution in [3.8, 4) is 0 Å². The molecule has 0 heterocycles. The standard InChI is InChI=1S/C10H9F5/c1-5(2)6-3-9(12)7(4-8(6)11)10(13,14)15/h3-5H,1-2H3. The lowest BCUT2D eigenvalue weighted by atomic mass is 10.0. The van der Waals surface area contributed by atoms with Gasteiger partial charge in [0.15, 0.2) is 0 Å². The summed E-state index contributed by atoms with van der Waals surface area (Å²) in [5.41, 5.74) is -1.62. The molecule has 0 aliphatic heterocycles. The molecule has 0 nitrogen and oxygen atoms in total. The van der Waals surface area contributed by atoms with Crippen molar-refractivity contribution in [2.75, 3.05) is 0 Å². The summed E-state index contributed by atoms with van der Waals surface area (Å²) in [5.74, 6) is -2.83. The van der Waals surface area contributed by atoms with Gasteiger partial charge in [-0.15, -0.1) is 0 Å². The Bertz CT molecular complexity index is 365. The monoisotopic (exact) mass is 224 g/mol. The quantitative estimate of drug-likeness (QED) is 0.630. The van der Waals surface area contributed by atoms with Crippen molar-refractivity contribution < 1.29 is 22.0 Å². The number of benzene rings is 1. The Morgan fingerprint density at radius 1 is 1.00 bits per heavy atom. The number of halogens is 5. The zero-order valence-electron chi connectivity index (χ0n) is 8.12. The molecule has 1 aromatic rings. The Hall–Kier alpha value is -1.13. The van der Waals surface area contributed by atoms with Crippen LogP contribution in [0, 0.1) is 11.6 Å². The van der Waals surface area contributed by atoms with Crippen molar-refractivity contribution in [3.05, 3.63) is 34.9 Å². The van der Waals surface area contributed by atoms with E-state index in [9.17, 15) is 22.0 Å². The third-order valence-corrected chi connectivity index (χ3v) is 2.01. The highest BCUT2D eigenvalue weighted by Gasteiger charge is 2.35. The van der Waals surface area contributed by atoms with Gasteiger partial charge in [0.05, 0.1) is 5.56 Å². The van der Waals surface area contributed by atoms with Gasteiger partial charge >= 0.3 is 6.18 Å². The van der Waals surface area contributed by atoms with Crippen LogP contribution in [0.5, 0.6) is 0 Å². The first kappa shape index (κ1) is 11.9. The van der Waals surface area contributed by atoms with Crippen molar-refractivity contribution in [1.29, 1.82) is 0 Å². The second-order valence-corrected chi connectivity index (χ2v) is 3.51. The fraction of sp³-hybridized carbons (Fsp3) is 0.400. The molecule has 0 bridgehead atoms. The summed E-state index contributed by atoms with van der Waals surface area (Å²) >= 11 is 0. The molecule has 0 N–H and O–H groups in total. The molecule has 0 unspecified atom stereocenters. The minimum Gasteiger partial charge on any atom is -0.207 e. The Morgan fingerprint density at radius 2 is 1.53 bits per heavy atom. The topological polar surface area (TPSA) is 0 Å². The molecule has 1 rings (SSSR count). The van der Waals surface area contributed by atoms with Crippen molar-refractivity contribution in [1.82, 2.24) is 0 Å². The number of hydrogen-bond donors (Lipinski definition) is 0. The maximum atomic E-state index is 13.1. The van der Waals surface area contributed by atoms with Crippen LogP contribution < -0.4 is 0 Å². The zero-order chi connectivity index (χ0) is 11.8. The number of hydrogen-bond acceptors (Lipinski definition) is 0. The van der Waals surface area contributed by atoms with Crippen molar-refractivity contribution in [2.24, 2.45) is 0 Å². The maximum Gasteiger partial charge on any atom is 0.419 e. The first-order valence-corrected chi connectivity index (χ1v) is 4.29. The predicted octanol–water partition coefficient (Wildman–Crippen LogP) is 4.11. The van der Waals surface area contributed by atoms with Crippen LogP contribution in [0.25, 0.3) is 0 Å². The third-order valence-electron chi connectivity index (χ3n) is 2.01. The first-order chi connectivity index (χ1) is 6.73. The van der Waals surface area contributed by atoms with E-state index in [4.69, 9.17) is 0 Å². The van der Waals surface area contributed by atoms with E-state index in [1.807, 2.05) is 0 Å². The van der Waals surface area contributed by atoms with Crippen LogP contribution in [-0.2, 0) is 6.18 Å². The fourth-order valence-electron chi connectivity index (χ4n) is 1.22. The molecule has 84 valence electrons. The van der Waals surface area contributed by atoms with E-state index in [2.05, 4.69) is 0 Å². The summed E-state index contributed by atoms with van der Waals surface area (Å²) in [6, 6.07) is 0.799. The van der Waals surface area contributed by atoms with E-state index < -0.39 is 23.4 Å². The molecule has 5 heteroatoms. The van der Waals surface area contributed by atoms with Crippen LogP contribution in [-0.4, -0.2) is 0 Å². The van der Waals surface area contributed by atoms with E-state index in [0.29, 0.717) is 6.07 Å². The minimum absolute atomic E-state index is 0.0551. The van der Waals surface area contributed by atoms with Gasteiger partial charge in [0.1, 0.15) is 11.6 Å². The Morgan fingerprint density at radius 3 is 1.93 bits per heavy atom. The highest BCUT2D eigenvalue weighted by molar-refractivity contribution is 5.29. The van der Waals surface area contributed by atoms with Crippen LogP contribution >= 0.6 is 0 Å². The normalized spacial score (nSPS) is 12.3. The van der Waals surface area contributed by atoms with Gasteiger partial charge in [-0.05, 0) is 23.6 Å². The molecule has 0 amide bonds. The molecule has 0 aliphatic carbocycles. The van der Waals surface area contributed by atoms with Gasteiger partial charge in [-0.25, -0.2) is 8.78 Å². The van der Waals surface area contributed by atoms with E-state index in [-0.39, 0.29) is 17.5 Å². The van der Waals surface area contributed by atoms with Gasteiger partial charge in [-0.2, -0.15) is 13.2 Å².